The average Bonchev–Trinajstić information content (AvgIpc) is 3.42. The second kappa shape index (κ2) is 9.71. The molecule has 10 heteroatoms. The van der Waals surface area contributed by atoms with Crippen LogP contribution in [0.15, 0.2) is 47.2 Å². The minimum atomic E-state index is 0.225. The number of benzene rings is 1. The number of aromatic nitrogens is 3. The standard InChI is InChI=1S/C25H31N7O3/c33-23-4-2-1-3-20(23)21-15-22-25(28-27-21)26-16-19-17-31(10-11-32(19)22)18-5-8-30(9-6-18)12-14-34-24-7-13-35-29-24/h1-4,7,13,15,18-19,33H,5-6,8-12,14,16-17H2,(H,26,28). The number of fused-ring (bicyclic) bond motifs is 3. The van der Waals surface area contributed by atoms with Crippen LogP contribution in [0.25, 0.3) is 11.3 Å². The third kappa shape index (κ3) is 4.63. The lowest BCUT2D eigenvalue weighted by molar-refractivity contribution is 0.0849. The molecule has 184 valence electrons. The molecule has 0 spiro atoms. The second-order valence-electron chi connectivity index (χ2n) is 9.46. The first kappa shape index (κ1) is 22.1. The van der Waals surface area contributed by atoms with Crippen LogP contribution in [-0.4, -0.2) is 94.8 Å². The summed E-state index contributed by atoms with van der Waals surface area (Å²) in [6.07, 6.45) is 3.90. The average molecular weight is 478 g/mol. The van der Waals surface area contributed by atoms with Crippen molar-refractivity contribution < 1.29 is 14.4 Å². The summed E-state index contributed by atoms with van der Waals surface area (Å²) in [7, 11) is 0. The molecule has 1 atom stereocenters. The summed E-state index contributed by atoms with van der Waals surface area (Å²) in [6.45, 7) is 7.66. The van der Waals surface area contributed by atoms with E-state index in [-0.39, 0.29) is 5.75 Å². The Balaban J connectivity index is 1.05. The van der Waals surface area contributed by atoms with Gasteiger partial charge in [0.1, 0.15) is 18.6 Å². The quantitative estimate of drug-likeness (QED) is 0.550. The van der Waals surface area contributed by atoms with E-state index in [9.17, 15) is 5.11 Å². The maximum absolute atomic E-state index is 10.3. The number of piperazine rings is 1. The summed E-state index contributed by atoms with van der Waals surface area (Å²) >= 11 is 0. The van der Waals surface area contributed by atoms with E-state index in [1.54, 1.807) is 12.1 Å². The van der Waals surface area contributed by atoms with Gasteiger partial charge in [0.25, 0.3) is 5.88 Å². The summed E-state index contributed by atoms with van der Waals surface area (Å²) in [5, 5.41) is 26.3. The smallest absolute Gasteiger partial charge is 0.254 e. The molecule has 0 radical (unpaired) electrons. The van der Waals surface area contributed by atoms with Crippen molar-refractivity contribution in [1.29, 1.82) is 0 Å². The summed E-state index contributed by atoms with van der Waals surface area (Å²) in [6, 6.07) is 12.1. The zero-order chi connectivity index (χ0) is 23.6. The molecular formula is C25H31N7O3. The van der Waals surface area contributed by atoms with E-state index in [2.05, 4.69) is 41.4 Å². The van der Waals surface area contributed by atoms with E-state index < -0.39 is 0 Å². The molecule has 0 bridgehead atoms. The third-order valence-electron chi connectivity index (χ3n) is 7.43. The van der Waals surface area contributed by atoms with Gasteiger partial charge in [0.2, 0.25) is 0 Å². The first-order chi connectivity index (χ1) is 17.2. The number of likely N-dealkylation sites (tertiary alicyclic amines) is 1. The van der Waals surface area contributed by atoms with Gasteiger partial charge in [0, 0.05) is 50.4 Å². The fourth-order valence-electron chi connectivity index (χ4n) is 5.53. The number of para-hydroxylation sites is 1. The topological polar surface area (TPSA) is 103 Å². The minimum absolute atomic E-state index is 0.225. The molecule has 5 heterocycles. The van der Waals surface area contributed by atoms with Crippen LogP contribution in [0.5, 0.6) is 11.6 Å². The highest BCUT2D eigenvalue weighted by molar-refractivity contribution is 5.76. The number of phenolic OH excluding ortho intramolecular Hbond substituents is 1. The predicted molar refractivity (Wildman–Crippen MR) is 132 cm³/mol. The van der Waals surface area contributed by atoms with Gasteiger partial charge in [-0.3, -0.25) is 9.80 Å². The van der Waals surface area contributed by atoms with Gasteiger partial charge in [-0.05, 0) is 49.3 Å². The van der Waals surface area contributed by atoms with E-state index in [1.165, 1.54) is 19.1 Å². The molecule has 2 fully saturated rings. The Morgan fingerprint density at radius 3 is 2.77 bits per heavy atom. The molecule has 6 rings (SSSR count). The lowest BCUT2D eigenvalue weighted by Crippen LogP contribution is -2.61. The number of hydrogen-bond donors (Lipinski definition) is 2. The molecule has 0 aliphatic carbocycles. The Bertz CT molecular complexity index is 1130. The van der Waals surface area contributed by atoms with Gasteiger partial charge in [-0.2, -0.15) is 0 Å². The third-order valence-corrected chi connectivity index (χ3v) is 7.43. The molecule has 2 aromatic heterocycles. The van der Waals surface area contributed by atoms with Gasteiger partial charge < -0.3 is 24.6 Å². The maximum Gasteiger partial charge on any atom is 0.254 e. The van der Waals surface area contributed by atoms with Crippen molar-refractivity contribution in [2.24, 2.45) is 0 Å². The highest BCUT2D eigenvalue weighted by Gasteiger charge is 2.36. The summed E-state index contributed by atoms with van der Waals surface area (Å²) in [5.74, 6) is 1.61. The number of anilines is 2. The Morgan fingerprint density at radius 2 is 1.94 bits per heavy atom. The zero-order valence-electron chi connectivity index (χ0n) is 19.7. The highest BCUT2D eigenvalue weighted by Crippen LogP contribution is 2.36. The summed E-state index contributed by atoms with van der Waals surface area (Å²) in [4.78, 5) is 7.62. The SMILES string of the molecule is Oc1ccccc1-c1cc2c(nn1)NCC1CN(C3CCN(CCOc4ccon4)CC3)CCN21. The van der Waals surface area contributed by atoms with Gasteiger partial charge >= 0.3 is 0 Å². The molecule has 35 heavy (non-hydrogen) atoms. The molecular weight excluding hydrogens is 446 g/mol. The van der Waals surface area contributed by atoms with Crippen LogP contribution in [0.2, 0.25) is 0 Å². The van der Waals surface area contributed by atoms with E-state index >= 15 is 0 Å². The maximum atomic E-state index is 10.3. The van der Waals surface area contributed by atoms with Crippen molar-refractivity contribution in [2.75, 3.05) is 62.6 Å². The number of rotatable bonds is 6. The van der Waals surface area contributed by atoms with Crippen molar-refractivity contribution in [3.63, 3.8) is 0 Å². The normalized spacial score (nSPS) is 21.3. The Hall–Kier alpha value is -3.37. The van der Waals surface area contributed by atoms with E-state index in [1.807, 2.05) is 18.2 Å². The Labute approximate surface area is 204 Å². The van der Waals surface area contributed by atoms with Crippen molar-refractivity contribution in [3.8, 4) is 22.9 Å². The van der Waals surface area contributed by atoms with Crippen molar-refractivity contribution in [3.05, 3.63) is 42.7 Å². The lowest BCUT2D eigenvalue weighted by atomic mass is 9.99. The van der Waals surface area contributed by atoms with Crippen LogP contribution in [0.1, 0.15) is 12.8 Å². The van der Waals surface area contributed by atoms with Crippen LogP contribution in [0.4, 0.5) is 11.5 Å². The van der Waals surface area contributed by atoms with Crippen LogP contribution in [-0.2, 0) is 0 Å². The van der Waals surface area contributed by atoms with Crippen molar-refractivity contribution in [2.45, 2.75) is 24.9 Å². The molecule has 3 aromatic rings. The molecule has 0 amide bonds. The second-order valence-corrected chi connectivity index (χ2v) is 9.46. The Kier molecular flexibility index (Phi) is 6.13. The fourth-order valence-corrected chi connectivity index (χ4v) is 5.53. The number of phenols is 1. The fraction of sp³-hybridized carbons (Fsp3) is 0.480. The molecule has 3 aliphatic heterocycles. The monoisotopic (exact) mass is 477 g/mol. The molecule has 0 saturated carbocycles. The molecule has 1 unspecified atom stereocenters. The van der Waals surface area contributed by atoms with Gasteiger partial charge in [-0.15, -0.1) is 10.2 Å². The van der Waals surface area contributed by atoms with E-state index in [4.69, 9.17) is 9.26 Å². The van der Waals surface area contributed by atoms with E-state index in [0.717, 1.165) is 57.3 Å². The molecule has 2 saturated heterocycles. The molecule has 10 nitrogen and oxygen atoms in total. The van der Waals surface area contributed by atoms with Crippen molar-refractivity contribution in [1.82, 2.24) is 25.2 Å². The number of nitrogens with one attached hydrogen (secondary N) is 1. The van der Waals surface area contributed by atoms with Gasteiger partial charge in [0.05, 0.1) is 17.4 Å². The number of piperidine rings is 1. The Morgan fingerprint density at radius 1 is 1.06 bits per heavy atom. The number of nitrogens with zero attached hydrogens (tertiary/aromatic N) is 6. The summed E-state index contributed by atoms with van der Waals surface area (Å²) < 4.78 is 10.4. The van der Waals surface area contributed by atoms with Gasteiger partial charge in [-0.1, -0.05) is 12.1 Å². The lowest BCUT2D eigenvalue weighted by Gasteiger charge is -2.49. The van der Waals surface area contributed by atoms with Crippen LogP contribution in [0.3, 0.4) is 0 Å². The zero-order valence-corrected chi connectivity index (χ0v) is 19.7. The van der Waals surface area contributed by atoms with Crippen LogP contribution >= 0.6 is 0 Å². The number of ether oxygens (including phenoxy) is 1. The van der Waals surface area contributed by atoms with E-state index in [0.29, 0.717) is 35.8 Å². The number of aromatic hydroxyl groups is 1. The number of hydrogen-bond acceptors (Lipinski definition) is 10. The molecule has 2 N–H and O–H groups in total. The van der Waals surface area contributed by atoms with Gasteiger partial charge in [0.15, 0.2) is 5.82 Å². The summed E-state index contributed by atoms with van der Waals surface area (Å²) in [5.41, 5.74) is 2.49. The van der Waals surface area contributed by atoms with Crippen LogP contribution < -0.4 is 15.0 Å². The minimum Gasteiger partial charge on any atom is -0.507 e. The van der Waals surface area contributed by atoms with Crippen LogP contribution in [0, 0.1) is 0 Å². The molecule has 3 aliphatic rings. The van der Waals surface area contributed by atoms with Gasteiger partial charge in [-0.25, -0.2) is 0 Å². The highest BCUT2D eigenvalue weighted by atomic mass is 16.5. The van der Waals surface area contributed by atoms with Crippen molar-refractivity contribution >= 4 is 11.5 Å². The largest absolute Gasteiger partial charge is 0.507 e. The first-order valence-corrected chi connectivity index (χ1v) is 12.4. The molecule has 1 aromatic carbocycles. The predicted octanol–water partition coefficient (Wildman–Crippen LogP) is 2.30. The first-order valence-electron chi connectivity index (χ1n) is 12.4.